The Labute approximate surface area is 169 Å². The minimum absolute atomic E-state index is 0.0180. The lowest BCUT2D eigenvalue weighted by Gasteiger charge is -2.15. The summed E-state index contributed by atoms with van der Waals surface area (Å²) in [5.74, 6) is -1.16. The van der Waals surface area contributed by atoms with Crippen LogP contribution >= 0.6 is 11.6 Å². The Bertz CT molecular complexity index is 1050. The fourth-order valence-electron chi connectivity index (χ4n) is 2.67. The predicted octanol–water partition coefficient (Wildman–Crippen LogP) is 5.35. The van der Waals surface area contributed by atoms with E-state index in [9.17, 15) is 22.8 Å². The molecule has 0 saturated carbocycles. The first kappa shape index (κ1) is 20.4. The quantitative estimate of drug-likeness (QED) is 0.434. The molecule has 2 N–H and O–H groups in total. The molecular formula is C21H14ClF3N2O2. The molecule has 3 aromatic carbocycles. The number of rotatable bonds is 5. The van der Waals surface area contributed by atoms with Crippen LogP contribution in [0.2, 0.25) is 5.02 Å². The first-order valence-electron chi connectivity index (χ1n) is 8.39. The molecule has 29 heavy (non-hydrogen) atoms. The lowest BCUT2D eigenvalue weighted by atomic mass is 9.98. The Morgan fingerprint density at radius 1 is 0.793 bits per heavy atom. The number of anilines is 1. The summed E-state index contributed by atoms with van der Waals surface area (Å²) < 4.78 is 39.2. The topological polar surface area (TPSA) is 58.2 Å². The maximum Gasteiger partial charge on any atom is 0.418 e. The van der Waals surface area contributed by atoms with Crippen molar-refractivity contribution in [3.05, 3.63) is 100 Å². The average molecular weight is 419 g/mol. The molecule has 0 radical (unpaired) electrons. The second kappa shape index (κ2) is 8.36. The van der Waals surface area contributed by atoms with Gasteiger partial charge in [0, 0.05) is 16.1 Å². The number of nitrogens with one attached hydrogen (secondary N) is 2. The Morgan fingerprint density at radius 2 is 1.38 bits per heavy atom. The number of benzene rings is 3. The van der Waals surface area contributed by atoms with Crippen molar-refractivity contribution in [1.82, 2.24) is 5.43 Å². The van der Waals surface area contributed by atoms with E-state index in [-0.39, 0.29) is 16.8 Å². The number of hydrogen-bond acceptors (Lipinski definition) is 3. The molecule has 0 bridgehead atoms. The zero-order valence-electron chi connectivity index (χ0n) is 14.8. The number of alkyl halides is 3. The van der Waals surface area contributed by atoms with Crippen LogP contribution in [-0.4, -0.2) is 11.7 Å². The molecule has 0 fully saturated rings. The highest BCUT2D eigenvalue weighted by molar-refractivity contribution is 6.30. The van der Waals surface area contributed by atoms with Crippen LogP contribution in [0.5, 0.6) is 0 Å². The average Bonchev–Trinajstić information content (AvgIpc) is 2.71. The van der Waals surface area contributed by atoms with E-state index < -0.39 is 23.4 Å². The number of hydrogen-bond donors (Lipinski definition) is 2. The van der Waals surface area contributed by atoms with Crippen LogP contribution in [0, 0.1) is 0 Å². The number of amides is 1. The number of ketones is 1. The van der Waals surface area contributed by atoms with Gasteiger partial charge in [-0.2, -0.15) is 13.2 Å². The van der Waals surface area contributed by atoms with E-state index in [1.807, 2.05) is 0 Å². The molecule has 0 aromatic heterocycles. The summed E-state index contributed by atoms with van der Waals surface area (Å²) in [5.41, 5.74) is 3.72. The monoisotopic (exact) mass is 418 g/mol. The SMILES string of the molecule is O=C(NNc1ccccc1C(F)(F)F)c1ccccc1C(=O)c1ccc(Cl)cc1. The van der Waals surface area contributed by atoms with Crippen molar-refractivity contribution in [1.29, 1.82) is 0 Å². The molecule has 0 aliphatic heterocycles. The minimum atomic E-state index is -4.59. The lowest BCUT2D eigenvalue weighted by Crippen LogP contribution is -2.31. The highest BCUT2D eigenvalue weighted by Gasteiger charge is 2.33. The summed E-state index contributed by atoms with van der Waals surface area (Å²) >= 11 is 5.82. The van der Waals surface area contributed by atoms with Crippen molar-refractivity contribution in [2.24, 2.45) is 0 Å². The van der Waals surface area contributed by atoms with Crippen LogP contribution in [0.1, 0.15) is 31.8 Å². The largest absolute Gasteiger partial charge is 0.418 e. The Balaban J connectivity index is 1.83. The van der Waals surface area contributed by atoms with Crippen molar-refractivity contribution in [2.45, 2.75) is 6.18 Å². The lowest BCUT2D eigenvalue weighted by molar-refractivity contribution is -0.137. The molecule has 3 aromatic rings. The molecule has 4 nitrogen and oxygen atoms in total. The summed E-state index contributed by atoms with van der Waals surface area (Å²) in [5, 5.41) is 0.458. The molecule has 0 unspecified atom stereocenters. The van der Waals surface area contributed by atoms with Gasteiger partial charge in [-0.3, -0.25) is 20.4 Å². The van der Waals surface area contributed by atoms with Crippen molar-refractivity contribution >= 4 is 29.0 Å². The first-order chi connectivity index (χ1) is 13.8. The van der Waals surface area contributed by atoms with Gasteiger partial charge >= 0.3 is 6.18 Å². The van der Waals surface area contributed by atoms with Crippen LogP contribution in [0.15, 0.2) is 72.8 Å². The van der Waals surface area contributed by atoms with Crippen LogP contribution < -0.4 is 10.9 Å². The number of halogens is 4. The molecular weight excluding hydrogens is 405 g/mol. The van der Waals surface area contributed by atoms with Gasteiger partial charge in [-0.05, 0) is 42.5 Å². The number of carbonyl (C=O) groups is 2. The third-order valence-electron chi connectivity index (χ3n) is 4.07. The highest BCUT2D eigenvalue weighted by Crippen LogP contribution is 2.34. The normalized spacial score (nSPS) is 11.0. The summed E-state index contributed by atoms with van der Waals surface area (Å²) in [6.07, 6.45) is -4.59. The Hall–Kier alpha value is -3.32. The van der Waals surface area contributed by atoms with Gasteiger partial charge in [0.25, 0.3) is 5.91 Å². The molecule has 0 aliphatic carbocycles. The fraction of sp³-hybridized carbons (Fsp3) is 0.0476. The third-order valence-corrected chi connectivity index (χ3v) is 4.32. The number of carbonyl (C=O) groups excluding carboxylic acids is 2. The predicted molar refractivity (Wildman–Crippen MR) is 104 cm³/mol. The fourth-order valence-corrected chi connectivity index (χ4v) is 2.79. The maximum absolute atomic E-state index is 13.1. The standard InChI is InChI=1S/C21H14ClF3N2O2/c22-14-11-9-13(10-12-14)19(28)15-5-1-2-6-16(15)20(29)27-26-18-8-4-3-7-17(18)21(23,24)25/h1-12,26H,(H,27,29). The molecule has 148 valence electrons. The Morgan fingerprint density at radius 3 is 2.03 bits per heavy atom. The summed E-state index contributed by atoms with van der Waals surface area (Å²) in [7, 11) is 0. The van der Waals surface area contributed by atoms with Gasteiger partial charge in [0.15, 0.2) is 5.78 Å². The minimum Gasteiger partial charge on any atom is -0.298 e. The maximum atomic E-state index is 13.1. The van der Waals surface area contributed by atoms with Crippen molar-refractivity contribution in [2.75, 3.05) is 5.43 Å². The smallest absolute Gasteiger partial charge is 0.298 e. The van der Waals surface area contributed by atoms with Gasteiger partial charge in [-0.1, -0.05) is 41.9 Å². The van der Waals surface area contributed by atoms with Gasteiger partial charge in [0.2, 0.25) is 0 Å². The summed E-state index contributed by atoms with van der Waals surface area (Å²) in [4.78, 5) is 25.3. The van der Waals surface area contributed by atoms with Crippen molar-refractivity contribution in [3.8, 4) is 0 Å². The summed E-state index contributed by atoms with van der Waals surface area (Å²) in [6, 6.07) is 16.9. The van der Waals surface area contributed by atoms with Crippen LogP contribution in [0.25, 0.3) is 0 Å². The van der Waals surface area contributed by atoms with Gasteiger partial charge < -0.3 is 0 Å². The Kier molecular flexibility index (Phi) is 5.89. The van der Waals surface area contributed by atoms with E-state index in [1.165, 1.54) is 42.5 Å². The summed E-state index contributed by atoms with van der Waals surface area (Å²) in [6.45, 7) is 0. The number of para-hydroxylation sites is 1. The van der Waals surface area contributed by atoms with Gasteiger partial charge in [0.05, 0.1) is 16.8 Å². The van der Waals surface area contributed by atoms with Crippen LogP contribution in [0.4, 0.5) is 18.9 Å². The van der Waals surface area contributed by atoms with E-state index in [4.69, 9.17) is 11.6 Å². The molecule has 0 saturated heterocycles. The van der Waals surface area contributed by atoms with Crippen LogP contribution in [-0.2, 0) is 6.18 Å². The molecule has 1 amide bonds. The van der Waals surface area contributed by atoms with Crippen molar-refractivity contribution < 1.29 is 22.8 Å². The van der Waals surface area contributed by atoms with Gasteiger partial charge in [-0.25, -0.2) is 0 Å². The second-order valence-corrected chi connectivity index (χ2v) is 6.44. The number of hydrazine groups is 1. The molecule has 0 atom stereocenters. The van der Waals surface area contributed by atoms with E-state index >= 15 is 0 Å². The first-order valence-corrected chi connectivity index (χ1v) is 8.77. The van der Waals surface area contributed by atoms with E-state index in [2.05, 4.69) is 10.9 Å². The molecule has 0 aliphatic rings. The molecule has 0 spiro atoms. The molecule has 0 heterocycles. The molecule has 3 rings (SSSR count). The van der Waals surface area contributed by atoms with Crippen LogP contribution in [0.3, 0.4) is 0 Å². The van der Waals surface area contributed by atoms with Gasteiger partial charge in [-0.15, -0.1) is 0 Å². The van der Waals surface area contributed by atoms with Gasteiger partial charge in [0.1, 0.15) is 0 Å². The van der Waals surface area contributed by atoms with E-state index in [1.54, 1.807) is 24.3 Å². The van der Waals surface area contributed by atoms with E-state index in [0.29, 0.717) is 10.6 Å². The highest BCUT2D eigenvalue weighted by atomic mass is 35.5. The van der Waals surface area contributed by atoms with Crippen molar-refractivity contribution in [3.63, 3.8) is 0 Å². The molecule has 8 heteroatoms. The third kappa shape index (κ3) is 4.75. The second-order valence-electron chi connectivity index (χ2n) is 6.00. The zero-order chi connectivity index (χ0) is 21.0. The zero-order valence-corrected chi connectivity index (χ0v) is 15.5. The van der Waals surface area contributed by atoms with E-state index in [0.717, 1.165) is 6.07 Å².